The van der Waals surface area contributed by atoms with Gasteiger partial charge in [0.25, 0.3) is 11.8 Å². The van der Waals surface area contributed by atoms with E-state index in [2.05, 4.69) is 60.2 Å². The highest BCUT2D eigenvalue weighted by Crippen LogP contribution is 2.47. The highest BCUT2D eigenvalue weighted by molar-refractivity contribution is 7.14. The second-order valence-electron chi connectivity index (χ2n) is 10.8. The minimum Gasteiger partial charge on any atom is -0.376 e. The Hall–Kier alpha value is -3.18. The van der Waals surface area contributed by atoms with Gasteiger partial charge in [-0.25, -0.2) is 13.8 Å². The fourth-order valence-electron chi connectivity index (χ4n) is 3.66. The molecule has 232 valence electrons. The first-order valence-electron chi connectivity index (χ1n) is 14.5. The van der Waals surface area contributed by atoms with Gasteiger partial charge in [0.15, 0.2) is 5.13 Å². The molecule has 3 aromatic heterocycles. The lowest BCUT2D eigenvalue weighted by atomic mass is 10.0. The number of anilines is 1. The van der Waals surface area contributed by atoms with Crippen LogP contribution < -0.4 is 10.6 Å². The van der Waals surface area contributed by atoms with Crippen LogP contribution in [0.2, 0.25) is 0 Å². The lowest BCUT2D eigenvalue weighted by Gasteiger charge is -2.20. The fourth-order valence-corrected chi connectivity index (χ4v) is 4.38. The van der Waals surface area contributed by atoms with Crippen molar-refractivity contribution >= 4 is 28.3 Å². The molecule has 4 unspecified atom stereocenters. The van der Waals surface area contributed by atoms with Crippen molar-refractivity contribution in [2.24, 2.45) is 11.8 Å². The van der Waals surface area contributed by atoms with E-state index in [1.54, 1.807) is 25.4 Å². The molecule has 3 heterocycles. The van der Waals surface area contributed by atoms with E-state index in [0.717, 1.165) is 23.7 Å². The topological polar surface area (TPSA) is 109 Å². The molecule has 1 aliphatic rings. The summed E-state index contributed by atoms with van der Waals surface area (Å²) in [7, 11) is 0. The van der Waals surface area contributed by atoms with Gasteiger partial charge in [-0.1, -0.05) is 40.2 Å². The Morgan fingerprint density at radius 3 is 2.36 bits per heavy atom. The van der Waals surface area contributed by atoms with Crippen molar-refractivity contribution in [1.82, 2.24) is 20.3 Å². The monoisotopic (exact) mass is 605 g/mol. The molecule has 4 rings (SSSR count). The minimum absolute atomic E-state index is 0.104. The second-order valence-corrected chi connectivity index (χ2v) is 11.7. The van der Waals surface area contributed by atoms with Crippen LogP contribution in [0.4, 0.5) is 13.9 Å². The van der Waals surface area contributed by atoms with E-state index in [4.69, 9.17) is 4.74 Å². The summed E-state index contributed by atoms with van der Waals surface area (Å²) in [6, 6.07) is 7.32. The van der Waals surface area contributed by atoms with Crippen LogP contribution in [-0.4, -0.2) is 51.4 Å². The molecule has 42 heavy (non-hydrogen) atoms. The van der Waals surface area contributed by atoms with E-state index >= 15 is 0 Å². The fraction of sp³-hybridized carbons (Fsp3) is 0.548. The number of alkyl halides is 2. The zero-order valence-electron chi connectivity index (χ0n) is 25.7. The lowest BCUT2D eigenvalue weighted by Crippen LogP contribution is -2.32. The Morgan fingerprint density at radius 1 is 1.12 bits per heavy atom. The minimum atomic E-state index is -2.29. The summed E-state index contributed by atoms with van der Waals surface area (Å²) in [5.41, 5.74) is 2.84. The number of carbonyl (C=O) groups is 2. The van der Waals surface area contributed by atoms with Crippen LogP contribution in [0.25, 0.3) is 11.4 Å². The lowest BCUT2D eigenvalue weighted by molar-refractivity contribution is -0.115. The predicted molar refractivity (Wildman–Crippen MR) is 165 cm³/mol. The molecule has 1 saturated carbocycles. The SMILES string of the molecule is CC1CC1(F)F.CCC(C)CC(C)OC(C)CC.Cc1cccc(-c2csc(NC(=O)CNC(=O)c3cc[nH]c3)n2)n1. The molecule has 4 atom stereocenters. The van der Waals surface area contributed by atoms with Gasteiger partial charge in [-0.3, -0.25) is 14.6 Å². The van der Waals surface area contributed by atoms with Crippen molar-refractivity contribution in [2.45, 2.75) is 92.3 Å². The number of carbonyl (C=O) groups excluding carboxylic acids is 2. The number of halogens is 2. The number of hydrogen-bond acceptors (Lipinski definition) is 6. The zero-order valence-corrected chi connectivity index (χ0v) is 26.5. The van der Waals surface area contributed by atoms with Crippen LogP contribution in [0.5, 0.6) is 0 Å². The van der Waals surface area contributed by atoms with Crippen molar-refractivity contribution in [3.8, 4) is 11.4 Å². The molecule has 1 fully saturated rings. The number of amides is 2. The summed E-state index contributed by atoms with van der Waals surface area (Å²) >= 11 is 1.31. The van der Waals surface area contributed by atoms with E-state index in [1.165, 1.54) is 24.2 Å². The first kappa shape index (κ1) is 35.0. The number of nitrogens with zero attached hydrogens (tertiary/aromatic N) is 2. The summed E-state index contributed by atoms with van der Waals surface area (Å²) in [5.74, 6) is -2.48. The number of aromatic amines is 1. The molecule has 0 radical (unpaired) electrons. The average molecular weight is 606 g/mol. The predicted octanol–water partition coefficient (Wildman–Crippen LogP) is 7.50. The largest absolute Gasteiger partial charge is 0.376 e. The Morgan fingerprint density at radius 2 is 1.81 bits per heavy atom. The molecular weight excluding hydrogens is 560 g/mol. The Balaban J connectivity index is 0.000000283. The maximum atomic E-state index is 11.9. The van der Waals surface area contributed by atoms with E-state index in [9.17, 15) is 18.4 Å². The van der Waals surface area contributed by atoms with Gasteiger partial charge >= 0.3 is 0 Å². The highest BCUT2D eigenvalue weighted by Gasteiger charge is 2.53. The summed E-state index contributed by atoms with van der Waals surface area (Å²) in [6.07, 6.45) is 7.73. The Bertz CT molecular complexity index is 1220. The molecule has 11 heteroatoms. The number of pyridine rings is 1. The Labute approximate surface area is 252 Å². The molecule has 0 bridgehead atoms. The number of thiazole rings is 1. The van der Waals surface area contributed by atoms with Crippen LogP contribution >= 0.6 is 11.3 Å². The molecule has 3 N–H and O–H groups in total. The normalized spacial score (nSPS) is 16.9. The number of nitrogens with one attached hydrogen (secondary N) is 3. The molecule has 0 saturated heterocycles. The summed E-state index contributed by atoms with van der Waals surface area (Å²) < 4.78 is 28.8. The highest BCUT2D eigenvalue weighted by atomic mass is 32.1. The van der Waals surface area contributed by atoms with Crippen LogP contribution in [0.3, 0.4) is 0 Å². The van der Waals surface area contributed by atoms with E-state index in [0.29, 0.717) is 28.6 Å². The molecular formula is C31H45F2N5O3S. The van der Waals surface area contributed by atoms with Crippen molar-refractivity contribution in [3.05, 3.63) is 53.3 Å². The van der Waals surface area contributed by atoms with Gasteiger partial charge in [-0.05, 0) is 57.7 Å². The molecule has 8 nitrogen and oxygen atoms in total. The molecule has 0 aliphatic heterocycles. The van der Waals surface area contributed by atoms with Gasteiger partial charge in [0.05, 0.1) is 30.0 Å². The van der Waals surface area contributed by atoms with Gasteiger partial charge in [-0.15, -0.1) is 11.3 Å². The standard InChI is InChI=1S/C16H15N5O2S.C11H24O.C4H6F2/c1-10-3-2-4-12(19-10)13-9-24-16(20-13)21-14(22)8-18-15(23)11-5-6-17-7-11;1-6-9(3)8-11(5)12-10(4)7-2;1-3-2-4(3,5)6/h2-7,9,17H,8H2,1H3,(H,18,23)(H,20,21,22);9-11H,6-8H2,1-5H3;3H,2H2,1H3. The number of aryl methyl sites for hydroxylation is 1. The summed E-state index contributed by atoms with van der Waals surface area (Å²) in [6.45, 7) is 14.4. The summed E-state index contributed by atoms with van der Waals surface area (Å²) in [4.78, 5) is 35.2. The number of ether oxygens (including phenoxy) is 1. The molecule has 0 aromatic carbocycles. The third-order valence-corrected chi connectivity index (χ3v) is 7.54. The molecule has 0 spiro atoms. The number of hydrogen-bond donors (Lipinski definition) is 3. The van der Waals surface area contributed by atoms with Crippen molar-refractivity contribution < 1.29 is 23.1 Å². The zero-order chi connectivity index (χ0) is 31.3. The molecule has 1 aliphatic carbocycles. The number of aromatic nitrogens is 3. The van der Waals surface area contributed by atoms with Gasteiger partial charge in [0, 0.05) is 35.8 Å². The number of rotatable bonds is 11. The van der Waals surface area contributed by atoms with Crippen LogP contribution in [-0.2, 0) is 9.53 Å². The first-order chi connectivity index (χ1) is 19.8. The maximum absolute atomic E-state index is 11.9. The quantitative estimate of drug-likeness (QED) is 0.210. The first-order valence-corrected chi connectivity index (χ1v) is 15.4. The van der Waals surface area contributed by atoms with Crippen LogP contribution in [0.15, 0.2) is 42.0 Å². The van der Waals surface area contributed by atoms with E-state index in [-0.39, 0.29) is 30.7 Å². The second kappa shape index (κ2) is 17.1. The maximum Gasteiger partial charge on any atom is 0.253 e. The smallest absolute Gasteiger partial charge is 0.253 e. The van der Waals surface area contributed by atoms with Crippen LogP contribution in [0.1, 0.15) is 83.3 Å². The Kier molecular flexibility index (Phi) is 14.2. The van der Waals surface area contributed by atoms with Crippen molar-refractivity contribution in [2.75, 3.05) is 11.9 Å². The van der Waals surface area contributed by atoms with Crippen LogP contribution in [0, 0.1) is 18.8 Å². The van der Waals surface area contributed by atoms with E-state index in [1.807, 2.05) is 30.5 Å². The number of H-pyrrole nitrogens is 1. The third-order valence-electron chi connectivity index (χ3n) is 6.78. The third kappa shape index (κ3) is 12.8. The van der Waals surface area contributed by atoms with Crippen molar-refractivity contribution in [1.29, 1.82) is 0 Å². The van der Waals surface area contributed by atoms with Gasteiger partial charge in [0.2, 0.25) is 5.91 Å². The van der Waals surface area contributed by atoms with Crippen molar-refractivity contribution in [3.63, 3.8) is 0 Å². The van der Waals surface area contributed by atoms with Gasteiger partial charge < -0.3 is 20.4 Å². The van der Waals surface area contributed by atoms with Gasteiger partial charge in [-0.2, -0.15) is 0 Å². The molecule has 2 amide bonds. The van der Waals surface area contributed by atoms with E-state index < -0.39 is 5.92 Å². The average Bonchev–Trinajstić information content (AvgIpc) is 3.40. The molecule has 3 aromatic rings. The van der Waals surface area contributed by atoms with Gasteiger partial charge in [0.1, 0.15) is 5.69 Å². The summed E-state index contributed by atoms with van der Waals surface area (Å²) in [5, 5.41) is 7.51.